The topological polar surface area (TPSA) is 198 Å². The lowest BCUT2D eigenvalue weighted by atomic mass is 9.73. The first-order chi connectivity index (χ1) is 24.5. The number of nitrogens with zero attached hydrogens (tertiary/aromatic N) is 2. The number of hydrogen-bond acceptors (Lipinski definition) is 15. The number of methoxy groups -OCH3 is 2. The second-order valence-electron chi connectivity index (χ2n) is 16.8. The first-order valence-electron chi connectivity index (χ1n) is 19.1. The summed E-state index contributed by atoms with van der Waals surface area (Å²) in [6.45, 7) is 17.3. The van der Waals surface area contributed by atoms with Crippen LogP contribution in [0.3, 0.4) is 0 Å². The number of aliphatic hydroxyl groups is 4. The highest BCUT2D eigenvalue weighted by Gasteiger charge is 2.54. The summed E-state index contributed by atoms with van der Waals surface area (Å²) in [6, 6.07) is -0.282. The quantitative estimate of drug-likeness (QED) is 0.137. The number of cyclic esters (lactones) is 1. The van der Waals surface area contributed by atoms with E-state index in [9.17, 15) is 30.4 Å². The molecule has 18 atom stereocenters. The van der Waals surface area contributed by atoms with Crippen molar-refractivity contribution in [1.29, 1.82) is 0 Å². The highest BCUT2D eigenvalue weighted by Crippen LogP contribution is 2.42. The number of likely N-dealkylation sites (N-methyl/N-ethyl adjacent to an activating group) is 1. The van der Waals surface area contributed by atoms with Gasteiger partial charge in [0.25, 0.3) is 0 Å². The third kappa shape index (κ3) is 9.73. The van der Waals surface area contributed by atoms with E-state index in [0.717, 1.165) is 0 Å². The zero-order chi connectivity index (χ0) is 40.4. The van der Waals surface area contributed by atoms with Gasteiger partial charge >= 0.3 is 5.97 Å². The number of hydrogen-bond donors (Lipinski definition) is 5. The van der Waals surface area contributed by atoms with Crippen molar-refractivity contribution in [2.75, 3.05) is 28.3 Å². The van der Waals surface area contributed by atoms with Crippen molar-refractivity contribution in [2.24, 2.45) is 28.8 Å². The summed E-state index contributed by atoms with van der Waals surface area (Å²) < 4.78 is 44.1. The molecule has 0 spiro atoms. The molecule has 3 aliphatic heterocycles. The van der Waals surface area contributed by atoms with E-state index >= 15 is 0 Å². The summed E-state index contributed by atoms with van der Waals surface area (Å²) in [5.41, 5.74) is -3.99. The van der Waals surface area contributed by atoms with Crippen LogP contribution in [-0.4, -0.2) is 155 Å². The number of rotatable bonds is 8. The van der Waals surface area contributed by atoms with Gasteiger partial charge in [0.2, 0.25) is 0 Å². The van der Waals surface area contributed by atoms with Gasteiger partial charge in [0.1, 0.15) is 23.9 Å². The molecule has 53 heavy (non-hydrogen) atoms. The SMILES string of the molecule is CCC1OC(=O)C(C)C(OC2CC(C)(OC)C(O)C(C)O2)C(C)C(OC2OC(C)CC(N(C)C)C2O)C(C)(OC)CC(C)/C(=N\O)C(C)C(O)C1(C)O. The monoisotopic (exact) mass is 762 g/mol. The average Bonchev–Trinajstić information content (AvgIpc) is 3.10. The second-order valence-corrected chi connectivity index (χ2v) is 16.8. The molecule has 0 bridgehead atoms. The summed E-state index contributed by atoms with van der Waals surface area (Å²) in [5.74, 6) is -3.82. The van der Waals surface area contributed by atoms with Crippen molar-refractivity contribution in [3.05, 3.63) is 0 Å². The van der Waals surface area contributed by atoms with Gasteiger partial charge in [0, 0.05) is 44.4 Å². The van der Waals surface area contributed by atoms with Gasteiger partial charge in [-0.25, -0.2) is 0 Å². The van der Waals surface area contributed by atoms with E-state index in [1.807, 2.05) is 46.7 Å². The van der Waals surface area contributed by atoms with Gasteiger partial charge in [0.05, 0.1) is 53.4 Å². The van der Waals surface area contributed by atoms with Gasteiger partial charge in [-0.2, -0.15) is 0 Å². The molecule has 5 N–H and O–H groups in total. The third-order valence-electron chi connectivity index (χ3n) is 12.4. The minimum Gasteiger partial charge on any atom is -0.459 e. The molecule has 0 aromatic heterocycles. The van der Waals surface area contributed by atoms with Crippen LogP contribution in [0.25, 0.3) is 0 Å². The van der Waals surface area contributed by atoms with Gasteiger partial charge < -0.3 is 63.7 Å². The highest BCUT2D eigenvalue weighted by molar-refractivity contribution is 5.88. The number of esters is 1. The normalized spacial score (nSPS) is 49.1. The first-order valence-corrected chi connectivity index (χ1v) is 19.1. The molecule has 3 aliphatic rings. The zero-order valence-electron chi connectivity index (χ0n) is 34.4. The fourth-order valence-corrected chi connectivity index (χ4v) is 8.78. The first kappa shape index (κ1) is 45.9. The standard InChI is InChI=1S/C38H70N2O13/c1-15-26-38(10,45)31(42)21(4)28(39-46)19(2)17-37(9,48-14)33(53-35-29(41)25(40(11)12)16-20(3)49-35)22(5)30(23(6)34(44)51-26)52-27-18-36(8,47-13)32(43)24(7)50-27/h19-27,29-33,35,41-43,45-46H,15-18H2,1-14H3/b39-28+. The smallest absolute Gasteiger partial charge is 0.311 e. The number of carbonyl (C=O) groups excluding carboxylic acids is 1. The van der Waals surface area contributed by atoms with E-state index in [2.05, 4.69) is 5.16 Å². The Kier molecular flexibility index (Phi) is 15.7. The molecule has 0 radical (unpaired) electrons. The average molecular weight is 763 g/mol. The summed E-state index contributed by atoms with van der Waals surface area (Å²) in [6.07, 6.45) is -8.53. The lowest BCUT2D eigenvalue weighted by molar-refractivity contribution is -0.319. The minimum absolute atomic E-state index is 0.128. The summed E-state index contributed by atoms with van der Waals surface area (Å²) in [4.78, 5) is 16.2. The van der Waals surface area contributed by atoms with Crippen LogP contribution in [-0.2, 0) is 38.0 Å². The van der Waals surface area contributed by atoms with E-state index in [1.165, 1.54) is 21.1 Å². The molecule has 310 valence electrons. The van der Waals surface area contributed by atoms with Gasteiger partial charge in [-0.1, -0.05) is 32.9 Å². The molecule has 3 fully saturated rings. The van der Waals surface area contributed by atoms with Gasteiger partial charge in [0.15, 0.2) is 12.6 Å². The van der Waals surface area contributed by atoms with E-state index < -0.39 is 102 Å². The highest BCUT2D eigenvalue weighted by atomic mass is 16.7. The third-order valence-corrected chi connectivity index (χ3v) is 12.4. The summed E-state index contributed by atoms with van der Waals surface area (Å²) in [5, 5.41) is 59.8. The molecular weight excluding hydrogens is 692 g/mol. The van der Waals surface area contributed by atoms with Crippen molar-refractivity contribution >= 4 is 11.7 Å². The molecule has 15 heteroatoms. The maximum atomic E-state index is 14.2. The maximum absolute atomic E-state index is 14.2. The van der Waals surface area contributed by atoms with Crippen LogP contribution in [0.2, 0.25) is 0 Å². The Morgan fingerprint density at radius 3 is 2.02 bits per heavy atom. The second kappa shape index (κ2) is 18.2. The van der Waals surface area contributed by atoms with E-state index in [4.69, 9.17) is 33.2 Å². The Labute approximate surface area is 316 Å². The number of aliphatic hydroxyl groups excluding tert-OH is 3. The molecule has 3 heterocycles. The van der Waals surface area contributed by atoms with Crippen LogP contribution in [0, 0.1) is 23.7 Å². The fraction of sp³-hybridized carbons (Fsp3) is 0.947. The fourth-order valence-electron chi connectivity index (χ4n) is 8.78. The summed E-state index contributed by atoms with van der Waals surface area (Å²) >= 11 is 0. The van der Waals surface area contributed by atoms with Gasteiger partial charge in [-0.15, -0.1) is 0 Å². The molecule has 3 rings (SSSR count). The van der Waals surface area contributed by atoms with Crippen LogP contribution in [0.5, 0.6) is 0 Å². The van der Waals surface area contributed by atoms with Crippen molar-refractivity contribution < 1.29 is 63.6 Å². The Morgan fingerprint density at radius 1 is 0.887 bits per heavy atom. The lowest BCUT2D eigenvalue weighted by Gasteiger charge is -2.50. The van der Waals surface area contributed by atoms with Crippen molar-refractivity contribution in [2.45, 2.75) is 179 Å². The van der Waals surface area contributed by atoms with Gasteiger partial charge in [-0.05, 0) is 74.9 Å². The molecular formula is C38H70N2O13. The maximum Gasteiger partial charge on any atom is 0.311 e. The molecule has 0 aromatic carbocycles. The van der Waals surface area contributed by atoms with E-state index in [1.54, 1.807) is 34.6 Å². The largest absolute Gasteiger partial charge is 0.459 e. The van der Waals surface area contributed by atoms with Crippen LogP contribution in [0.4, 0.5) is 0 Å². The molecule has 0 saturated carbocycles. The minimum atomic E-state index is -1.94. The summed E-state index contributed by atoms with van der Waals surface area (Å²) in [7, 11) is 6.80. The molecule has 0 aromatic rings. The van der Waals surface area contributed by atoms with Gasteiger partial charge in [-0.3, -0.25) is 4.79 Å². The van der Waals surface area contributed by atoms with Crippen LogP contribution in [0.15, 0.2) is 5.16 Å². The Bertz CT molecular complexity index is 1220. The van der Waals surface area contributed by atoms with E-state index in [-0.39, 0.29) is 37.1 Å². The number of carbonyl (C=O) groups is 1. The van der Waals surface area contributed by atoms with Crippen LogP contribution in [0.1, 0.15) is 94.9 Å². The molecule has 15 nitrogen and oxygen atoms in total. The number of oxime groups is 1. The molecule has 3 saturated heterocycles. The number of ether oxygens (including phenoxy) is 7. The predicted molar refractivity (Wildman–Crippen MR) is 195 cm³/mol. The molecule has 18 unspecified atom stereocenters. The molecule has 0 amide bonds. The van der Waals surface area contributed by atoms with Crippen LogP contribution < -0.4 is 0 Å². The predicted octanol–water partition coefficient (Wildman–Crippen LogP) is 2.70. The Hall–Kier alpha value is -1.50. The van der Waals surface area contributed by atoms with Crippen LogP contribution >= 0.6 is 0 Å². The van der Waals surface area contributed by atoms with Crippen molar-refractivity contribution in [3.8, 4) is 0 Å². The Balaban J connectivity index is 2.25. The van der Waals surface area contributed by atoms with Crippen molar-refractivity contribution in [3.63, 3.8) is 0 Å². The zero-order valence-corrected chi connectivity index (χ0v) is 34.4. The lowest BCUT2D eigenvalue weighted by Crippen LogP contribution is -2.61. The van der Waals surface area contributed by atoms with Crippen molar-refractivity contribution in [1.82, 2.24) is 4.90 Å². The van der Waals surface area contributed by atoms with E-state index in [0.29, 0.717) is 6.42 Å². The molecule has 0 aliphatic carbocycles. The Morgan fingerprint density at radius 2 is 1.49 bits per heavy atom.